The molecule has 0 aliphatic carbocycles. The molecule has 4 nitrogen and oxygen atoms in total. The van der Waals surface area contributed by atoms with E-state index in [4.69, 9.17) is 0 Å². The van der Waals surface area contributed by atoms with Gasteiger partial charge in [0.1, 0.15) is 0 Å². The van der Waals surface area contributed by atoms with Gasteiger partial charge >= 0.3 is 0 Å². The average Bonchev–Trinajstić information content (AvgIpc) is 2.76. The third kappa shape index (κ3) is 3.92. The van der Waals surface area contributed by atoms with E-state index in [9.17, 15) is 9.90 Å². The quantitative estimate of drug-likeness (QED) is 0.905. The van der Waals surface area contributed by atoms with Crippen LogP contribution < -0.4 is 4.90 Å². The number of benzene rings is 1. The number of aliphatic hydroxyl groups excluding tert-OH is 1. The van der Waals surface area contributed by atoms with E-state index in [-0.39, 0.29) is 12.0 Å². The zero-order chi connectivity index (χ0) is 17.1. The van der Waals surface area contributed by atoms with Gasteiger partial charge in [-0.2, -0.15) is 0 Å². The Hall–Kier alpha value is -1.55. The Balaban J connectivity index is 1.69. The van der Waals surface area contributed by atoms with Gasteiger partial charge in [-0.3, -0.25) is 4.79 Å². The van der Waals surface area contributed by atoms with Gasteiger partial charge < -0.3 is 14.9 Å². The maximum absolute atomic E-state index is 12.9. The lowest BCUT2D eigenvalue weighted by Gasteiger charge is -2.32. The first-order valence-electron chi connectivity index (χ1n) is 9.38. The van der Waals surface area contributed by atoms with Crippen molar-refractivity contribution in [2.45, 2.75) is 58.1 Å². The molecular weight excluding hydrogens is 300 g/mol. The molecule has 132 valence electrons. The summed E-state index contributed by atoms with van der Waals surface area (Å²) in [4.78, 5) is 17.3. The van der Waals surface area contributed by atoms with E-state index in [2.05, 4.69) is 35.8 Å². The topological polar surface area (TPSA) is 43.8 Å². The Morgan fingerprint density at radius 1 is 1.04 bits per heavy atom. The molecule has 0 bridgehead atoms. The van der Waals surface area contributed by atoms with E-state index in [1.165, 1.54) is 12.8 Å². The molecule has 4 heteroatoms. The molecule has 1 aromatic carbocycles. The van der Waals surface area contributed by atoms with Crippen molar-refractivity contribution in [1.29, 1.82) is 0 Å². The van der Waals surface area contributed by atoms with Crippen molar-refractivity contribution in [3.63, 3.8) is 0 Å². The zero-order valence-corrected chi connectivity index (χ0v) is 14.9. The molecule has 2 heterocycles. The molecular formula is C20H30N2O2. The van der Waals surface area contributed by atoms with Crippen molar-refractivity contribution in [2.75, 3.05) is 24.5 Å². The van der Waals surface area contributed by atoms with Crippen LogP contribution in [-0.4, -0.2) is 47.7 Å². The molecule has 2 aliphatic rings. The highest BCUT2D eigenvalue weighted by atomic mass is 16.3. The first kappa shape index (κ1) is 17.3. The fourth-order valence-corrected chi connectivity index (χ4v) is 3.91. The van der Waals surface area contributed by atoms with E-state index < -0.39 is 0 Å². The van der Waals surface area contributed by atoms with Crippen molar-refractivity contribution in [1.82, 2.24) is 4.90 Å². The summed E-state index contributed by atoms with van der Waals surface area (Å²) in [7, 11) is 0. The largest absolute Gasteiger partial charge is 0.393 e. The lowest BCUT2D eigenvalue weighted by molar-refractivity contribution is 0.0677. The third-order valence-electron chi connectivity index (χ3n) is 5.56. The molecule has 1 N–H and O–H groups in total. The summed E-state index contributed by atoms with van der Waals surface area (Å²) in [6, 6.07) is 8.36. The van der Waals surface area contributed by atoms with Gasteiger partial charge in [0.15, 0.2) is 0 Å². The van der Waals surface area contributed by atoms with E-state index >= 15 is 0 Å². The van der Waals surface area contributed by atoms with E-state index in [0.29, 0.717) is 12.0 Å². The number of likely N-dealkylation sites (tertiary alicyclic amines) is 1. The molecule has 3 rings (SSSR count). The predicted octanol–water partition coefficient (Wildman–Crippen LogP) is 3.30. The number of hydrogen-bond acceptors (Lipinski definition) is 3. The Morgan fingerprint density at radius 3 is 2.38 bits per heavy atom. The van der Waals surface area contributed by atoms with Crippen molar-refractivity contribution in [3.8, 4) is 0 Å². The van der Waals surface area contributed by atoms with Gasteiger partial charge in [-0.25, -0.2) is 0 Å². The molecule has 0 saturated carbocycles. The van der Waals surface area contributed by atoms with Crippen LogP contribution in [0.25, 0.3) is 0 Å². The summed E-state index contributed by atoms with van der Waals surface area (Å²) in [5.41, 5.74) is 1.94. The van der Waals surface area contributed by atoms with Crippen LogP contribution in [0.1, 0.15) is 56.3 Å². The Bertz CT molecular complexity index is 549. The second-order valence-electron chi connectivity index (χ2n) is 7.61. The smallest absolute Gasteiger partial charge is 0.254 e. The van der Waals surface area contributed by atoms with Gasteiger partial charge in [-0.1, -0.05) is 13.3 Å². The van der Waals surface area contributed by atoms with Crippen LogP contribution in [0.15, 0.2) is 24.3 Å². The summed E-state index contributed by atoms with van der Waals surface area (Å²) in [5, 5.41) is 9.63. The van der Waals surface area contributed by atoms with Crippen LogP contribution in [0.4, 0.5) is 5.69 Å². The van der Waals surface area contributed by atoms with Crippen molar-refractivity contribution in [2.24, 2.45) is 5.92 Å². The number of aliphatic hydroxyl groups is 1. The number of nitrogens with zero attached hydrogens (tertiary/aromatic N) is 2. The highest BCUT2D eigenvalue weighted by molar-refractivity contribution is 5.94. The SMILES string of the molecule is CC1CCCC(C)N(C(=O)c2ccc(N3CCC(O)CC3)cc2)C1. The number of carbonyl (C=O) groups is 1. The normalized spacial score (nSPS) is 26.3. The number of rotatable bonds is 2. The van der Waals surface area contributed by atoms with Gasteiger partial charge in [-0.05, 0) is 62.8 Å². The van der Waals surface area contributed by atoms with Gasteiger partial charge in [-0.15, -0.1) is 0 Å². The van der Waals surface area contributed by atoms with E-state index in [1.807, 2.05) is 12.1 Å². The lowest BCUT2D eigenvalue weighted by Crippen LogP contribution is -2.40. The van der Waals surface area contributed by atoms with Crippen LogP contribution in [-0.2, 0) is 0 Å². The van der Waals surface area contributed by atoms with Crippen LogP contribution in [0.3, 0.4) is 0 Å². The minimum atomic E-state index is -0.159. The highest BCUT2D eigenvalue weighted by Gasteiger charge is 2.26. The summed E-state index contributed by atoms with van der Waals surface area (Å²) in [6.45, 7) is 7.05. The number of amides is 1. The van der Waals surface area contributed by atoms with Crippen LogP contribution in [0.5, 0.6) is 0 Å². The summed E-state index contributed by atoms with van der Waals surface area (Å²) >= 11 is 0. The van der Waals surface area contributed by atoms with Crippen LogP contribution in [0.2, 0.25) is 0 Å². The minimum absolute atomic E-state index is 0.159. The van der Waals surface area contributed by atoms with Crippen LogP contribution in [0, 0.1) is 5.92 Å². The maximum atomic E-state index is 12.9. The predicted molar refractivity (Wildman–Crippen MR) is 97.4 cm³/mol. The fraction of sp³-hybridized carbons (Fsp3) is 0.650. The molecule has 2 fully saturated rings. The van der Waals surface area contributed by atoms with E-state index in [0.717, 1.165) is 50.1 Å². The molecule has 0 aromatic heterocycles. The third-order valence-corrected chi connectivity index (χ3v) is 5.56. The number of carbonyl (C=O) groups excluding carboxylic acids is 1. The molecule has 24 heavy (non-hydrogen) atoms. The van der Waals surface area contributed by atoms with Crippen molar-refractivity contribution < 1.29 is 9.90 Å². The summed E-state index contributed by atoms with van der Waals surface area (Å²) in [5.74, 6) is 0.745. The molecule has 2 unspecified atom stereocenters. The van der Waals surface area contributed by atoms with E-state index in [1.54, 1.807) is 0 Å². The van der Waals surface area contributed by atoms with Crippen LogP contribution >= 0.6 is 0 Å². The fourth-order valence-electron chi connectivity index (χ4n) is 3.91. The lowest BCUT2D eigenvalue weighted by atomic mass is 10.1. The van der Waals surface area contributed by atoms with Crippen molar-refractivity contribution in [3.05, 3.63) is 29.8 Å². The molecule has 0 spiro atoms. The number of hydrogen-bond donors (Lipinski definition) is 1. The molecule has 1 amide bonds. The second-order valence-corrected chi connectivity index (χ2v) is 7.61. The summed E-state index contributed by atoms with van der Waals surface area (Å²) < 4.78 is 0. The summed E-state index contributed by atoms with van der Waals surface area (Å²) in [6.07, 6.45) is 5.02. The standard InChI is InChI=1S/C20H30N2O2/c1-15-4-3-5-16(2)22(14-15)20(24)17-6-8-18(9-7-17)21-12-10-19(23)11-13-21/h6-9,15-16,19,23H,3-5,10-14H2,1-2H3. The monoisotopic (exact) mass is 330 g/mol. The molecule has 0 radical (unpaired) electrons. The molecule has 2 aliphatic heterocycles. The minimum Gasteiger partial charge on any atom is -0.393 e. The van der Waals surface area contributed by atoms with Gasteiger partial charge in [0, 0.05) is 36.9 Å². The average molecular weight is 330 g/mol. The van der Waals surface area contributed by atoms with Gasteiger partial charge in [0.05, 0.1) is 6.10 Å². The Kier molecular flexibility index (Phi) is 5.44. The first-order valence-corrected chi connectivity index (χ1v) is 9.38. The van der Waals surface area contributed by atoms with Crippen molar-refractivity contribution >= 4 is 11.6 Å². The first-order chi connectivity index (χ1) is 11.5. The maximum Gasteiger partial charge on any atom is 0.254 e. The Morgan fingerprint density at radius 2 is 1.71 bits per heavy atom. The van der Waals surface area contributed by atoms with Gasteiger partial charge in [0.2, 0.25) is 0 Å². The van der Waals surface area contributed by atoms with Gasteiger partial charge in [0.25, 0.3) is 5.91 Å². The number of anilines is 1. The molecule has 2 atom stereocenters. The zero-order valence-electron chi connectivity index (χ0n) is 14.9. The molecule has 2 saturated heterocycles. The molecule has 1 aromatic rings. The second kappa shape index (κ2) is 7.56. The number of piperidine rings is 1. The Labute approximate surface area is 145 Å². The highest BCUT2D eigenvalue weighted by Crippen LogP contribution is 2.24.